The maximum atomic E-state index is 12.0. The fraction of sp³-hybridized carbons (Fsp3) is 0.889. The molecule has 2 amide bonds. The third kappa shape index (κ3) is 6.13. The molecule has 0 aliphatic carbocycles. The van der Waals surface area contributed by atoms with Gasteiger partial charge in [-0.25, -0.2) is 0 Å². The Balaban J connectivity index is 0.00000127. The van der Waals surface area contributed by atoms with Gasteiger partial charge in [-0.2, -0.15) is 0 Å². The van der Waals surface area contributed by atoms with Crippen molar-refractivity contribution in [2.75, 3.05) is 45.8 Å². The molecule has 0 N–H and O–H groups in total. The van der Waals surface area contributed by atoms with Crippen LogP contribution in [0.4, 0.5) is 0 Å². The van der Waals surface area contributed by atoms with Crippen molar-refractivity contribution in [3.63, 3.8) is 0 Å². The molecule has 2 saturated heterocycles. The Morgan fingerprint density at radius 1 is 0.913 bits per heavy atom. The molecule has 2 aliphatic heterocycles. The molecule has 0 atom stereocenters. The van der Waals surface area contributed by atoms with Gasteiger partial charge < -0.3 is 9.80 Å². The number of rotatable bonds is 3. The molecule has 0 bridgehead atoms. The van der Waals surface area contributed by atoms with Gasteiger partial charge in [0.1, 0.15) is 0 Å². The second kappa shape index (κ2) is 9.91. The van der Waals surface area contributed by atoms with Gasteiger partial charge in [0.15, 0.2) is 0 Å². The van der Waals surface area contributed by atoms with Crippen LogP contribution < -0.4 is 0 Å². The van der Waals surface area contributed by atoms with Crippen LogP contribution in [0.3, 0.4) is 0 Å². The van der Waals surface area contributed by atoms with Gasteiger partial charge in [0.25, 0.3) is 0 Å². The topological polar surface area (TPSA) is 43.9 Å². The van der Waals surface area contributed by atoms with Crippen molar-refractivity contribution in [2.45, 2.75) is 47.5 Å². The van der Waals surface area contributed by atoms with Crippen LogP contribution in [0.5, 0.6) is 0 Å². The zero-order chi connectivity index (χ0) is 17.4. The summed E-state index contributed by atoms with van der Waals surface area (Å²) in [5.41, 5.74) is 0. The van der Waals surface area contributed by atoms with Crippen molar-refractivity contribution >= 4 is 11.8 Å². The van der Waals surface area contributed by atoms with Crippen molar-refractivity contribution < 1.29 is 9.59 Å². The largest absolute Gasteiger partial charge is 0.342 e. The first-order valence-corrected chi connectivity index (χ1v) is 9.24. The summed E-state index contributed by atoms with van der Waals surface area (Å²) >= 11 is 0. The van der Waals surface area contributed by atoms with Gasteiger partial charge in [-0.1, -0.05) is 27.7 Å². The van der Waals surface area contributed by atoms with E-state index in [1.165, 1.54) is 0 Å². The van der Waals surface area contributed by atoms with Gasteiger partial charge >= 0.3 is 0 Å². The first-order valence-electron chi connectivity index (χ1n) is 9.24. The molecular weight excluding hydrogens is 290 g/mol. The molecule has 0 aromatic carbocycles. The number of carbonyl (C=O) groups excluding carboxylic acids is 2. The molecule has 0 aromatic heterocycles. The summed E-state index contributed by atoms with van der Waals surface area (Å²) in [6, 6.07) is 0. The number of hydrogen-bond donors (Lipinski definition) is 0. The second-order valence-electron chi connectivity index (χ2n) is 6.73. The smallest absolute Gasteiger partial charge is 0.225 e. The molecule has 134 valence electrons. The zero-order valence-corrected chi connectivity index (χ0v) is 15.7. The molecule has 0 radical (unpaired) electrons. The van der Waals surface area contributed by atoms with Gasteiger partial charge in [-0.15, -0.1) is 0 Å². The molecule has 2 aliphatic rings. The monoisotopic (exact) mass is 325 g/mol. The van der Waals surface area contributed by atoms with Gasteiger partial charge in [0.05, 0.1) is 0 Å². The molecule has 2 heterocycles. The number of nitrogens with zero attached hydrogens (tertiary/aromatic N) is 3. The Morgan fingerprint density at radius 3 is 1.87 bits per heavy atom. The van der Waals surface area contributed by atoms with E-state index in [0.29, 0.717) is 11.8 Å². The zero-order valence-electron chi connectivity index (χ0n) is 15.7. The van der Waals surface area contributed by atoms with Crippen LogP contribution in [-0.2, 0) is 9.59 Å². The highest BCUT2D eigenvalue weighted by Crippen LogP contribution is 2.20. The van der Waals surface area contributed by atoms with E-state index in [-0.39, 0.29) is 11.8 Å². The SMILES string of the molecule is CC.CC(=O)N1CCN(CC2CCN(C(=O)C(C)C)CC2)CC1. The van der Waals surface area contributed by atoms with Crippen LogP contribution in [0, 0.1) is 11.8 Å². The summed E-state index contributed by atoms with van der Waals surface area (Å²) in [4.78, 5) is 29.7. The van der Waals surface area contributed by atoms with Gasteiger partial charge in [-0.05, 0) is 18.8 Å². The van der Waals surface area contributed by atoms with E-state index in [1.807, 2.05) is 37.5 Å². The lowest BCUT2D eigenvalue weighted by atomic mass is 9.95. The third-order valence-electron chi connectivity index (χ3n) is 4.75. The minimum atomic E-state index is 0.112. The number of hydrogen-bond acceptors (Lipinski definition) is 3. The number of likely N-dealkylation sites (tertiary alicyclic amines) is 1. The lowest BCUT2D eigenvalue weighted by molar-refractivity contribution is -0.135. The van der Waals surface area contributed by atoms with Gasteiger partial charge in [0, 0.05) is 58.7 Å². The van der Waals surface area contributed by atoms with E-state index >= 15 is 0 Å². The van der Waals surface area contributed by atoms with E-state index in [0.717, 1.165) is 58.7 Å². The molecular formula is C18H35N3O2. The van der Waals surface area contributed by atoms with E-state index in [4.69, 9.17) is 0 Å². The fourth-order valence-electron chi connectivity index (χ4n) is 3.31. The second-order valence-corrected chi connectivity index (χ2v) is 6.73. The predicted octanol–water partition coefficient (Wildman–Crippen LogP) is 2.07. The van der Waals surface area contributed by atoms with Gasteiger partial charge in [-0.3, -0.25) is 14.5 Å². The molecule has 5 heteroatoms. The summed E-state index contributed by atoms with van der Waals surface area (Å²) in [5, 5.41) is 0. The van der Waals surface area contributed by atoms with Crippen molar-refractivity contribution in [2.24, 2.45) is 11.8 Å². The van der Waals surface area contributed by atoms with Crippen molar-refractivity contribution in [1.82, 2.24) is 14.7 Å². The van der Waals surface area contributed by atoms with E-state index < -0.39 is 0 Å². The highest BCUT2D eigenvalue weighted by molar-refractivity contribution is 5.78. The maximum absolute atomic E-state index is 12.0. The van der Waals surface area contributed by atoms with Crippen LogP contribution in [-0.4, -0.2) is 72.3 Å². The summed E-state index contributed by atoms with van der Waals surface area (Å²) in [5.74, 6) is 1.30. The van der Waals surface area contributed by atoms with E-state index in [2.05, 4.69) is 4.90 Å². The quantitative estimate of drug-likeness (QED) is 0.798. The third-order valence-corrected chi connectivity index (χ3v) is 4.75. The van der Waals surface area contributed by atoms with Crippen molar-refractivity contribution in [3.8, 4) is 0 Å². The summed E-state index contributed by atoms with van der Waals surface area (Å²) in [6.07, 6.45) is 2.23. The summed E-state index contributed by atoms with van der Waals surface area (Å²) in [6.45, 7) is 16.2. The standard InChI is InChI=1S/C16H29N3O2.C2H6/c1-13(2)16(21)19-6-4-15(5-7-19)12-17-8-10-18(11-9-17)14(3)20;1-2/h13,15H,4-12H2,1-3H3;1-2H3. The molecule has 0 unspecified atom stereocenters. The molecule has 0 spiro atoms. The molecule has 0 saturated carbocycles. The molecule has 2 fully saturated rings. The van der Waals surface area contributed by atoms with Crippen LogP contribution in [0.15, 0.2) is 0 Å². The molecule has 0 aromatic rings. The number of piperazine rings is 1. The Morgan fingerprint density at radius 2 is 1.43 bits per heavy atom. The highest BCUT2D eigenvalue weighted by Gasteiger charge is 2.26. The predicted molar refractivity (Wildman–Crippen MR) is 94.2 cm³/mol. The first-order chi connectivity index (χ1) is 11.0. The van der Waals surface area contributed by atoms with Crippen LogP contribution in [0.2, 0.25) is 0 Å². The first kappa shape index (κ1) is 19.9. The van der Waals surface area contributed by atoms with Crippen LogP contribution in [0.25, 0.3) is 0 Å². The molecule has 23 heavy (non-hydrogen) atoms. The van der Waals surface area contributed by atoms with Crippen LogP contribution >= 0.6 is 0 Å². The van der Waals surface area contributed by atoms with E-state index in [9.17, 15) is 9.59 Å². The lowest BCUT2D eigenvalue weighted by Crippen LogP contribution is -2.50. The molecule has 2 rings (SSSR count). The normalized spacial score (nSPS) is 20.3. The minimum absolute atomic E-state index is 0.112. The Labute approximate surface area is 142 Å². The average molecular weight is 325 g/mol. The maximum Gasteiger partial charge on any atom is 0.225 e. The number of piperidine rings is 1. The average Bonchev–Trinajstić information content (AvgIpc) is 2.57. The Bertz CT molecular complexity index is 368. The number of carbonyl (C=O) groups is 2. The Hall–Kier alpha value is -1.10. The van der Waals surface area contributed by atoms with Crippen molar-refractivity contribution in [3.05, 3.63) is 0 Å². The van der Waals surface area contributed by atoms with Crippen molar-refractivity contribution in [1.29, 1.82) is 0 Å². The highest BCUT2D eigenvalue weighted by atomic mass is 16.2. The van der Waals surface area contributed by atoms with E-state index in [1.54, 1.807) is 6.92 Å². The van der Waals surface area contributed by atoms with Gasteiger partial charge in [0.2, 0.25) is 11.8 Å². The minimum Gasteiger partial charge on any atom is -0.342 e. The lowest BCUT2D eigenvalue weighted by Gasteiger charge is -2.39. The molecule has 5 nitrogen and oxygen atoms in total. The summed E-state index contributed by atoms with van der Waals surface area (Å²) < 4.78 is 0. The summed E-state index contributed by atoms with van der Waals surface area (Å²) in [7, 11) is 0. The number of amides is 2. The fourth-order valence-corrected chi connectivity index (χ4v) is 3.31. The van der Waals surface area contributed by atoms with Crippen LogP contribution in [0.1, 0.15) is 47.5 Å². The Kier molecular flexibility index (Phi) is 8.59.